The van der Waals surface area contributed by atoms with Gasteiger partial charge in [0.1, 0.15) is 0 Å². The van der Waals surface area contributed by atoms with E-state index < -0.39 is 0 Å². The van der Waals surface area contributed by atoms with Crippen molar-refractivity contribution in [3.63, 3.8) is 0 Å². The van der Waals surface area contributed by atoms with Gasteiger partial charge in [0.2, 0.25) is 0 Å². The highest BCUT2D eigenvalue weighted by Gasteiger charge is 2.32. The van der Waals surface area contributed by atoms with E-state index in [4.69, 9.17) is 5.73 Å². The summed E-state index contributed by atoms with van der Waals surface area (Å²) in [7, 11) is 0. The SMILES string of the molecule is CCCC(C)(CN)N1CCC1. The highest BCUT2D eigenvalue weighted by Crippen LogP contribution is 2.25. The second-order valence-corrected chi connectivity index (χ2v) is 3.79. The normalized spacial score (nSPS) is 24.3. The largest absolute Gasteiger partial charge is 0.329 e. The molecule has 0 aliphatic carbocycles. The first kappa shape index (κ1) is 9.01. The molecule has 0 spiro atoms. The van der Waals surface area contributed by atoms with E-state index in [1.165, 1.54) is 32.4 Å². The van der Waals surface area contributed by atoms with Crippen molar-refractivity contribution in [1.29, 1.82) is 0 Å². The van der Waals surface area contributed by atoms with Crippen molar-refractivity contribution < 1.29 is 0 Å². The van der Waals surface area contributed by atoms with Gasteiger partial charge < -0.3 is 5.73 Å². The van der Waals surface area contributed by atoms with Crippen LogP contribution in [0.5, 0.6) is 0 Å². The second kappa shape index (κ2) is 3.55. The molecule has 66 valence electrons. The number of hydrogen-bond acceptors (Lipinski definition) is 2. The molecule has 1 heterocycles. The van der Waals surface area contributed by atoms with Crippen LogP contribution in [0.15, 0.2) is 0 Å². The van der Waals surface area contributed by atoms with Gasteiger partial charge in [-0.15, -0.1) is 0 Å². The highest BCUT2D eigenvalue weighted by molar-refractivity contribution is 4.90. The molecule has 1 aliphatic rings. The van der Waals surface area contributed by atoms with Gasteiger partial charge in [-0.2, -0.15) is 0 Å². The van der Waals surface area contributed by atoms with E-state index in [9.17, 15) is 0 Å². The van der Waals surface area contributed by atoms with Crippen LogP contribution in [0.1, 0.15) is 33.1 Å². The van der Waals surface area contributed by atoms with Crippen molar-refractivity contribution in [3.05, 3.63) is 0 Å². The summed E-state index contributed by atoms with van der Waals surface area (Å²) in [6, 6.07) is 0. The maximum atomic E-state index is 5.76. The minimum absolute atomic E-state index is 0.299. The molecule has 1 aliphatic heterocycles. The van der Waals surface area contributed by atoms with Gasteiger partial charge in [-0.3, -0.25) is 4.90 Å². The van der Waals surface area contributed by atoms with Crippen LogP contribution in [0.2, 0.25) is 0 Å². The minimum atomic E-state index is 0.299. The summed E-state index contributed by atoms with van der Waals surface area (Å²) in [4.78, 5) is 2.51. The first-order valence-electron chi connectivity index (χ1n) is 4.68. The summed E-state index contributed by atoms with van der Waals surface area (Å²) >= 11 is 0. The van der Waals surface area contributed by atoms with Crippen LogP contribution >= 0.6 is 0 Å². The molecule has 1 rings (SSSR count). The Morgan fingerprint density at radius 2 is 2.09 bits per heavy atom. The molecule has 2 N–H and O–H groups in total. The third-order valence-electron chi connectivity index (χ3n) is 2.85. The molecule has 1 atom stereocenters. The Hall–Kier alpha value is -0.0800. The van der Waals surface area contributed by atoms with Crippen LogP contribution < -0.4 is 5.73 Å². The average Bonchev–Trinajstić information content (AvgIpc) is 1.84. The van der Waals surface area contributed by atoms with Crippen molar-refractivity contribution in [2.24, 2.45) is 5.73 Å². The van der Waals surface area contributed by atoms with Gasteiger partial charge in [-0.1, -0.05) is 13.3 Å². The molecule has 2 nitrogen and oxygen atoms in total. The fourth-order valence-corrected chi connectivity index (χ4v) is 1.78. The fraction of sp³-hybridized carbons (Fsp3) is 1.00. The van der Waals surface area contributed by atoms with E-state index >= 15 is 0 Å². The van der Waals surface area contributed by atoms with Gasteiger partial charge in [-0.05, 0) is 32.9 Å². The first-order valence-corrected chi connectivity index (χ1v) is 4.68. The quantitative estimate of drug-likeness (QED) is 0.663. The van der Waals surface area contributed by atoms with E-state index in [1.54, 1.807) is 0 Å². The molecule has 1 fully saturated rings. The molecular formula is C9H20N2. The van der Waals surface area contributed by atoms with Crippen LogP contribution in [-0.2, 0) is 0 Å². The zero-order valence-corrected chi connectivity index (χ0v) is 7.77. The van der Waals surface area contributed by atoms with E-state index in [0.717, 1.165) is 6.54 Å². The Kier molecular flexibility index (Phi) is 2.90. The van der Waals surface area contributed by atoms with Crippen molar-refractivity contribution in [3.8, 4) is 0 Å². The summed E-state index contributed by atoms with van der Waals surface area (Å²) in [5, 5.41) is 0. The summed E-state index contributed by atoms with van der Waals surface area (Å²) in [5.74, 6) is 0. The molecule has 0 aromatic carbocycles. The Labute approximate surface area is 69.8 Å². The topological polar surface area (TPSA) is 29.3 Å². The standard InChI is InChI=1S/C9H20N2/c1-3-5-9(2,8-10)11-6-4-7-11/h3-8,10H2,1-2H3. The summed E-state index contributed by atoms with van der Waals surface area (Å²) < 4.78 is 0. The van der Waals surface area contributed by atoms with Gasteiger partial charge in [0.25, 0.3) is 0 Å². The lowest BCUT2D eigenvalue weighted by Crippen LogP contribution is -2.57. The lowest BCUT2D eigenvalue weighted by Gasteiger charge is -2.46. The molecule has 0 saturated carbocycles. The maximum Gasteiger partial charge on any atom is 0.0303 e. The second-order valence-electron chi connectivity index (χ2n) is 3.79. The van der Waals surface area contributed by atoms with Crippen LogP contribution in [0.4, 0.5) is 0 Å². The number of nitrogens with zero attached hydrogens (tertiary/aromatic N) is 1. The zero-order valence-electron chi connectivity index (χ0n) is 7.77. The van der Waals surface area contributed by atoms with Gasteiger partial charge >= 0.3 is 0 Å². The van der Waals surface area contributed by atoms with Gasteiger partial charge in [0.15, 0.2) is 0 Å². The number of hydrogen-bond donors (Lipinski definition) is 1. The molecule has 11 heavy (non-hydrogen) atoms. The van der Waals surface area contributed by atoms with Crippen molar-refractivity contribution in [2.45, 2.75) is 38.6 Å². The van der Waals surface area contributed by atoms with Crippen LogP contribution in [0, 0.1) is 0 Å². The van der Waals surface area contributed by atoms with E-state index in [2.05, 4.69) is 18.7 Å². The summed E-state index contributed by atoms with van der Waals surface area (Å²) in [6.45, 7) is 7.84. The number of rotatable bonds is 4. The van der Waals surface area contributed by atoms with E-state index in [-0.39, 0.29) is 0 Å². The first-order chi connectivity index (χ1) is 5.23. The Bertz CT molecular complexity index is 121. The van der Waals surface area contributed by atoms with Crippen molar-refractivity contribution in [1.82, 2.24) is 4.90 Å². The Morgan fingerprint density at radius 1 is 1.45 bits per heavy atom. The third kappa shape index (κ3) is 1.74. The maximum absolute atomic E-state index is 5.76. The van der Waals surface area contributed by atoms with Gasteiger partial charge in [0, 0.05) is 12.1 Å². The zero-order chi connectivity index (χ0) is 8.32. The number of nitrogens with two attached hydrogens (primary N) is 1. The molecule has 0 aromatic heterocycles. The fourth-order valence-electron chi connectivity index (χ4n) is 1.78. The molecule has 0 aromatic rings. The van der Waals surface area contributed by atoms with Gasteiger partial charge in [-0.25, -0.2) is 0 Å². The van der Waals surface area contributed by atoms with Crippen LogP contribution in [0.3, 0.4) is 0 Å². The Morgan fingerprint density at radius 3 is 2.36 bits per heavy atom. The summed E-state index contributed by atoms with van der Waals surface area (Å²) in [5.41, 5.74) is 6.06. The van der Waals surface area contributed by atoms with E-state index in [1.807, 2.05) is 0 Å². The van der Waals surface area contributed by atoms with Crippen LogP contribution in [0.25, 0.3) is 0 Å². The molecule has 2 heteroatoms. The summed E-state index contributed by atoms with van der Waals surface area (Å²) in [6.07, 6.45) is 3.84. The van der Waals surface area contributed by atoms with Crippen molar-refractivity contribution >= 4 is 0 Å². The Balaban J connectivity index is 2.43. The van der Waals surface area contributed by atoms with E-state index in [0.29, 0.717) is 5.54 Å². The van der Waals surface area contributed by atoms with Gasteiger partial charge in [0.05, 0.1) is 0 Å². The lowest BCUT2D eigenvalue weighted by atomic mass is 9.91. The predicted octanol–water partition coefficient (Wildman–Crippen LogP) is 1.21. The smallest absolute Gasteiger partial charge is 0.0303 e. The lowest BCUT2D eigenvalue weighted by molar-refractivity contribution is 0.0410. The molecule has 0 amide bonds. The minimum Gasteiger partial charge on any atom is -0.329 e. The van der Waals surface area contributed by atoms with Crippen molar-refractivity contribution in [2.75, 3.05) is 19.6 Å². The average molecular weight is 156 g/mol. The third-order valence-corrected chi connectivity index (χ3v) is 2.85. The molecule has 1 unspecified atom stereocenters. The highest BCUT2D eigenvalue weighted by atomic mass is 15.2. The molecule has 0 radical (unpaired) electrons. The van der Waals surface area contributed by atoms with Crippen LogP contribution in [-0.4, -0.2) is 30.1 Å². The molecule has 0 bridgehead atoms. The predicted molar refractivity (Wildman–Crippen MR) is 48.6 cm³/mol. The number of likely N-dealkylation sites (tertiary alicyclic amines) is 1. The molecular weight excluding hydrogens is 136 g/mol. The monoisotopic (exact) mass is 156 g/mol. The molecule has 1 saturated heterocycles.